The largest absolute Gasteiger partial charge is 0.357 e. The number of carbonyl (C=O) groups is 1. The van der Waals surface area contributed by atoms with E-state index in [9.17, 15) is 4.79 Å². The van der Waals surface area contributed by atoms with E-state index >= 15 is 0 Å². The summed E-state index contributed by atoms with van der Waals surface area (Å²) in [4.78, 5) is 22.4. The molecule has 3 rings (SSSR count). The lowest BCUT2D eigenvalue weighted by Crippen LogP contribution is -2.39. The fourth-order valence-electron chi connectivity index (χ4n) is 2.94. The van der Waals surface area contributed by atoms with Crippen molar-refractivity contribution >= 4 is 47.4 Å². The van der Waals surface area contributed by atoms with Crippen LogP contribution in [0.1, 0.15) is 32.1 Å². The van der Waals surface area contributed by atoms with Gasteiger partial charge in [0.15, 0.2) is 5.96 Å². The topological polar surface area (TPSA) is 95.7 Å². The number of hydrogen-bond acceptors (Lipinski definition) is 5. The highest BCUT2D eigenvalue weighted by Crippen LogP contribution is 2.18. The minimum atomic E-state index is 0. The Morgan fingerprint density at radius 2 is 2.10 bits per heavy atom. The zero-order chi connectivity index (χ0) is 19.8. The lowest BCUT2D eigenvalue weighted by molar-refractivity contribution is -0.127. The summed E-state index contributed by atoms with van der Waals surface area (Å²) >= 11 is 5.90. The van der Waals surface area contributed by atoms with Gasteiger partial charge in [0, 0.05) is 43.2 Å². The first kappa shape index (κ1) is 23.4. The average Bonchev–Trinajstić information content (AvgIpc) is 3.33. The Morgan fingerprint density at radius 1 is 1.31 bits per heavy atom. The third-order valence-corrected chi connectivity index (χ3v) is 4.61. The fraction of sp³-hybridized carbons (Fsp3) is 0.474. The van der Waals surface area contributed by atoms with E-state index in [1.54, 1.807) is 12.1 Å². The van der Waals surface area contributed by atoms with Gasteiger partial charge in [-0.2, -0.15) is 4.98 Å². The molecule has 10 heteroatoms. The molecule has 29 heavy (non-hydrogen) atoms. The number of carbonyl (C=O) groups excluding carboxylic acids is 1. The van der Waals surface area contributed by atoms with Crippen molar-refractivity contribution in [2.45, 2.75) is 32.7 Å². The number of nitrogens with one attached hydrogen (secondary N) is 2. The van der Waals surface area contributed by atoms with Crippen LogP contribution in [0.4, 0.5) is 0 Å². The van der Waals surface area contributed by atoms with E-state index in [0.717, 1.165) is 44.6 Å². The van der Waals surface area contributed by atoms with Crippen molar-refractivity contribution in [2.24, 2.45) is 4.99 Å². The predicted molar refractivity (Wildman–Crippen MR) is 123 cm³/mol. The Morgan fingerprint density at radius 3 is 2.79 bits per heavy atom. The molecule has 0 radical (unpaired) electrons. The number of benzene rings is 1. The van der Waals surface area contributed by atoms with Gasteiger partial charge in [-0.3, -0.25) is 4.79 Å². The number of rotatable bonds is 8. The van der Waals surface area contributed by atoms with Crippen LogP contribution in [0.15, 0.2) is 33.8 Å². The molecule has 1 fully saturated rings. The molecule has 1 saturated heterocycles. The van der Waals surface area contributed by atoms with Gasteiger partial charge < -0.3 is 20.1 Å². The molecule has 1 aromatic carbocycles. The van der Waals surface area contributed by atoms with Crippen LogP contribution in [0, 0.1) is 0 Å². The summed E-state index contributed by atoms with van der Waals surface area (Å²) in [6, 6.07) is 7.26. The Balaban J connectivity index is 0.00000300. The number of hydrogen-bond donors (Lipinski definition) is 2. The maximum atomic E-state index is 11.6. The normalized spacial score (nSPS) is 14.1. The van der Waals surface area contributed by atoms with Crippen LogP contribution in [0.5, 0.6) is 0 Å². The van der Waals surface area contributed by atoms with Crippen LogP contribution in [0.3, 0.4) is 0 Å². The molecule has 1 aliphatic heterocycles. The van der Waals surface area contributed by atoms with Gasteiger partial charge in [0.25, 0.3) is 0 Å². The van der Waals surface area contributed by atoms with Crippen molar-refractivity contribution in [2.75, 3.05) is 26.2 Å². The molecule has 1 aromatic heterocycles. The number of likely N-dealkylation sites (tertiary alicyclic amines) is 1. The quantitative estimate of drug-likeness (QED) is 0.235. The molecular formula is C19H26ClIN6O2. The van der Waals surface area contributed by atoms with Gasteiger partial charge in [0.05, 0.1) is 0 Å². The minimum absolute atomic E-state index is 0. The highest BCUT2D eigenvalue weighted by atomic mass is 127. The van der Waals surface area contributed by atoms with Crippen LogP contribution in [-0.4, -0.2) is 53.1 Å². The molecule has 1 aliphatic rings. The second kappa shape index (κ2) is 12.0. The monoisotopic (exact) mass is 532 g/mol. The van der Waals surface area contributed by atoms with Crippen LogP contribution in [-0.2, 0) is 11.3 Å². The standard InChI is InChI=1S/C19H25ClN6O2.HI/c1-2-21-19(22-10-4-12-26-11-3-5-17(26)27)23-13-16-24-18(25-28-16)14-6-8-15(20)9-7-14;/h6-9H,2-5,10-13H2,1H3,(H2,21,22,23);1H. The predicted octanol–water partition coefficient (Wildman–Crippen LogP) is 3.08. The lowest BCUT2D eigenvalue weighted by atomic mass is 10.2. The van der Waals surface area contributed by atoms with E-state index in [4.69, 9.17) is 16.1 Å². The van der Waals surface area contributed by atoms with Gasteiger partial charge in [-0.25, -0.2) is 4.99 Å². The Bertz CT molecular complexity index is 811. The van der Waals surface area contributed by atoms with Gasteiger partial charge in [-0.05, 0) is 44.0 Å². The van der Waals surface area contributed by atoms with E-state index in [1.165, 1.54) is 0 Å². The molecule has 2 N–H and O–H groups in total. The maximum Gasteiger partial charge on any atom is 0.248 e. The van der Waals surface area contributed by atoms with E-state index < -0.39 is 0 Å². The molecular weight excluding hydrogens is 507 g/mol. The third kappa shape index (κ3) is 7.14. The number of nitrogens with zero attached hydrogens (tertiary/aromatic N) is 4. The Hall–Kier alpha value is -1.88. The molecule has 2 aromatic rings. The second-order valence-corrected chi connectivity index (χ2v) is 6.91. The molecule has 158 valence electrons. The molecule has 2 heterocycles. The third-order valence-electron chi connectivity index (χ3n) is 4.36. The van der Waals surface area contributed by atoms with E-state index in [1.807, 2.05) is 24.0 Å². The van der Waals surface area contributed by atoms with Gasteiger partial charge in [-0.15, -0.1) is 24.0 Å². The summed E-state index contributed by atoms with van der Waals surface area (Å²) in [5.74, 6) is 1.88. The number of guanidine groups is 1. The highest BCUT2D eigenvalue weighted by molar-refractivity contribution is 14.0. The summed E-state index contributed by atoms with van der Waals surface area (Å²) in [6.07, 6.45) is 2.52. The Kier molecular flexibility index (Phi) is 9.65. The van der Waals surface area contributed by atoms with Crippen molar-refractivity contribution in [1.82, 2.24) is 25.7 Å². The summed E-state index contributed by atoms with van der Waals surface area (Å²) in [6.45, 7) is 5.41. The molecule has 0 spiro atoms. The number of halogens is 2. The first-order valence-electron chi connectivity index (χ1n) is 9.54. The molecule has 0 unspecified atom stereocenters. The van der Waals surface area contributed by atoms with Crippen LogP contribution in [0.2, 0.25) is 5.02 Å². The van der Waals surface area contributed by atoms with Crippen molar-refractivity contribution in [3.05, 3.63) is 35.2 Å². The Labute approximate surface area is 192 Å². The molecule has 0 aliphatic carbocycles. The number of aliphatic imine (C=N–C) groups is 1. The van der Waals surface area contributed by atoms with Crippen LogP contribution >= 0.6 is 35.6 Å². The lowest BCUT2D eigenvalue weighted by Gasteiger charge is -2.16. The summed E-state index contributed by atoms with van der Waals surface area (Å²) in [7, 11) is 0. The fourth-order valence-corrected chi connectivity index (χ4v) is 3.07. The summed E-state index contributed by atoms with van der Waals surface area (Å²) < 4.78 is 5.28. The van der Waals surface area contributed by atoms with E-state index in [0.29, 0.717) is 29.1 Å². The maximum absolute atomic E-state index is 11.6. The molecule has 8 nitrogen and oxygen atoms in total. The molecule has 1 amide bonds. The van der Waals surface area contributed by atoms with Crippen molar-refractivity contribution in [3.8, 4) is 11.4 Å². The number of amides is 1. The summed E-state index contributed by atoms with van der Waals surface area (Å²) in [5, 5.41) is 11.1. The van der Waals surface area contributed by atoms with Gasteiger partial charge in [0.1, 0.15) is 6.54 Å². The van der Waals surface area contributed by atoms with Crippen molar-refractivity contribution < 1.29 is 9.32 Å². The van der Waals surface area contributed by atoms with Gasteiger partial charge in [-0.1, -0.05) is 16.8 Å². The molecule has 0 saturated carbocycles. The summed E-state index contributed by atoms with van der Waals surface area (Å²) in [5.41, 5.74) is 0.838. The molecule has 0 bridgehead atoms. The number of aromatic nitrogens is 2. The van der Waals surface area contributed by atoms with Gasteiger partial charge >= 0.3 is 0 Å². The first-order valence-corrected chi connectivity index (χ1v) is 9.92. The van der Waals surface area contributed by atoms with Crippen molar-refractivity contribution in [1.29, 1.82) is 0 Å². The first-order chi connectivity index (χ1) is 13.7. The van der Waals surface area contributed by atoms with E-state index in [2.05, 4.69) is 25.8 Å². The zero-order valence-corrected chi connectivity index (χ0v) is 19.4. The molecule has 0 atom stereocenters. The highest BCUT2D eigenvalue weighted by Gasteiger charge is 2.18. The SMILES string of the molecule is CCNC(=NCc1nc(-c2ccc(Cl)cc2)no1)NCCCN1CCCC1=O.I. The van der Waals surface area contributed by atoms with Crippen molar-refractivity contribution in [3.63, 3.8) is 0 Å². The zero-order valence-electron chi connectivity index (χ0n) is 16.4. The minimum Gasteiger partial charge on any atom is -0.357 e. The average molecular weight is 533 g/mol. The smallest absolute Gasteiger partial charge is 0.248 e. The van der Waals surface area contributed by atoms with Gasteiger partial charge in [0.2, 0.25) is 17.6 Å². The van der Waals surface area contributed by atoms with Crippen LogP contribution in [0.25, 0.3) is 11.4 Å². The second-order valence-electron chi connectivity index (χ2n) is 6.48. The van der Waals surface area contributed by atoms with E-state index in [-0.39, 0.29) is 36.4 Å². The van der Waals surface area contributed by atoms with Crippen LogP contribution < -0.4 is 10.6 Å².